The van der Waals surface area contributed by atoms with E-state index in [1.54, 1.807) is 17.5 Å². The predicted octanol–water partition coefficient (Wildman–Crippen LogP) is 2.53. The molecule has 5 nitrogen and oxygen atoms in total. The standard InChI is InChI=1S/C15H20N2O3S/c18-12(10-3-4-11(9-10)13(19)20)17-15(5-1-2-6-15)14-16-7-8-21-14/h7-8,10-11H,1-6,9H2,(H,17,18)(H,19,20)/t10-,11+/m0/s1. The minimum atomic E-state index is -0.777. The van der Waals surface area contributed by atoms with Crippen LogP contribution in [0.2, 0.25) is 0 Å². The number of aromatic nitrogens is 1. The van der Waals surface area contributed by atoms with E-state index in [9.17, 15) is 9.59 Å². The Morgan fingerprint density at radius 3 is 2.57 bits per heavy atom. The summed E-state index contributed by atoms with van der Waals surface area (Å²) in [4.78, 5) is 28.0. The topological polar surface area (TPSA) is 79.3 Å². The zero-order chi connectivity index (χ0) is 14.9. The number of aliphatic carboxylic acids is 1. The largest absolute Gasteiger partial charge is 0.481 e. The summed E-state index contributed by atoms with van der Waals surface area (Å²) in [6.45, 7) is 0. The third-order valence-electron chi connectivity index (χ3n) is 4.81. The second-order valence-corrected chi connectivity index (χ2v) is 7.06. The van der Waals surface area contributed by atoms with Crippen LogP contribution < -0.4 is 5.32 Å². The first-order valence-corrected chi connectivity index (χ1v) is 8.43. The summed E-state index contributed by atoms with van der Waals surface area (Å²) in [6.07, 6.45) is 7.60. The van der Waals surface area contributed by atoms with Crippen molar-refractivity contribution < 1.29 is 14.7 Å². The Morgan fingerprint density at radius 1 is 1.29 bits per heavy atom. The summed E-state index contributed by atoms with van der Waals surface area (Å²) in [6, 6.07) is 0. The molecule has 114 valence electrons. The Balaban J connectivity index is 1.70. The van der Waals surface area contributed by atoms with Crippen LogP contribution in [0.25, 0.3) is 0 Å². The molecule has 1 amide bonds. The van der Waals surface area contributed by atoms with Gasteiger partial charge in [-0.1, -0.05) is 12.8 Å². The van der Waals surface area contributed by atoms with Gasteiger partial charge >= 0.3 is 5.97 Å². The van der Waals surface area contributed by atoms with Gasteiger partial charge in [-0.05, 0) is 32.1 Å². The van der Waals surface area contributed by atoms with Gasteiger partial charge in [0, 0.05) is 17.5 Å². The van der Waals surface area contributed by atoms with Crippen molar-refractivity contribution in [1.29, 1.82) is 0 Å². The molecule has 0 aromatic carbocycles. The molecule has 1 heterocycles. The van der Waals surface area contributed by atoms with E-state index < -0.39 is 5.97 Å². The highest BCUT2D eigenvalue weighted by Gasteiger charge is 2.42. The van der Waals surface area contributed by atoms with Crippen LogP contribution in [-0.2, 0) is 15.1 Å². The van der Waals surface area contributed by atoms with Crippen LogP contribution in [0.5, 0.6) is 0 Å². The van der Waals surface area contributed by atoms with Crippen molar-refractivity contribution in [2.75, 3.05) is 0 Å². The summed E-state index contributed by atoms with van der Waals surface area (Å²) < 4.78 is 0. The van der Waals surface area contributed by atoms with Crippen LogP contribution in [-0.4, -0.2) is 22.0 Å². The van der Waals surface area contributed by atoms with Crippen LogP contribution in [0.15, 0.2) is 11.6 Å². The molecule has 6 heteroatoms. The molecule has 0 spiro atoms. The van der Waals surface area contributed by atoms with E-state index in [-0.39, 0.29) is 23.3 Å². The van der Waals surface area contributed by atoms with E-state index in [4.69, 9.17) is 5.11 Å². The Kier molecular flexibility index (Phi) is 3.97. The molecule has 0 unspecified atom stereocenters. The van der Waals surface area contributed by atoms with E-state index >= 15 is 0 Å². The summed E-state index contributed by atoms with van der Waals surface area (Å²) in [7, 11) is 0. The lowest BCUT2D eigenvalue weighted by molar-refractivity contribution is -0.141. The second kappa shape index (κ2) is 5.75. The maximum atomic E-state index is 12.5. The molecule has 2 N–H and O–H groups in total. The highest BCUT2D eigenvalue weighted by Crippen LogP contribution is 2.41. The number of hydrogen-bond donors (Lipinski definition) is 2. The molecule has 2 atom stereocenters. The fourth-order valence-corrected chi connectivity index (χ4v) is 4.47. The summed E-state index contributed by atoms with van der Waals surface area (Å²) in [5.74, 6) is -1.29. The third-order valence-corrected chi connectivity index (χ3v) is 5.79. The van der Waals surface area contributed by atoms with Crippen molar-refractivity contribution in [3.8, 4) is 0 Å². The molecule has 1 aromatic rings. The number of amides is 1. The summed E-state index contributed by atoms with van der Waals surface area (Å²) in [5.41, 5.74) is -0.313. The van der Waals surface area contributed by atoms with Crippen molar-refractivity contribution in [3.05, 3.63) is 16.6 Å². The van der Waals surface area contributed by atoms with Crippen molar-refractivity contribution in [2.24, 2.45) is 11.8 Å². The van der Waals surface area contributed by atoms with E-state index in [0.717, 1.165) is 30.7 Å². The number of nitrogens with zero attached hydrogens (tertiary/aromatic N) is 1. The van der Waals surface area contributed by atoms with E-state index in [1.807, 2.05) is 5.38 Å². The number of carbonyl (C=O) groups excluding carboxylic acids is 1. The molecule has 0 bridgehead atoms. The molecule has 0 radical (unpaired) electrons. The van der Waals surface area contributed by atoms with Gasteiger partial charge in [0.25, 0.3) is 0 Å². The van der Waals surface area contributed by atoms with Gasteiger partial charge in [-0.15, -0.1) is 11.3 Å². The number of hydrogen-bond acceptors (Lipinski definition) is 4. The first kappa shape index (κ1) is 14.5. The highest BCUT2D eigenvalue weighted by atomic mass is 32.1. The van der Waals surface area contributed by atoms with Gasteiger partial charge in [0.05, 0.1) is 11.5 Å². The lowest BCUT2D eigenvalue weighted by Crippen LogP contribution is -2.46. The molecule has 21 heavy (non-hydrogen) atoms. The predicted molar refractivity (Wildman–Crippen MR) is 78.9 cm³/mol. The van der Waals surface area contributed by atoms with E-state index in [0.29, 0.717) is 19.3 Å². The minimum absolute atomic E-state index is 0.0100. The first-order chi connectivity index (χ1) is 10.1. The maximum Gasteiger partial charge on any atom is 0.306 e. The lowest BCUT2D eigenvalue weighted by Gasteiger charge is -2.29. The van der Waals surface area contributed by atoms with Crippen molar-refractivity contribution in [1.82, 2.24) is 10.3 Å². The van der Waals surface area contributed by atoms with Gasteiger partial charge in [-0.25, -0.2) is 4.98 Å². The molecule has 2 fully saturated rings. The zero-order valence-corrected chi connectivity index (χ0v) is 12.7. The average Bonchev–Trinajstić information content (AvgIpc) is 3.20. The fourth-order valence-electron chi connectivity index (χ4n) is 3.61. The Hall–Kier alpha value is -1.43. The van der Waals surface area contributed by atoms with Crippen LogP contribution in [0.1, 0.15) is 50.0 Å². The zero-order valence-electron chi connectivity index (χ0n) is 11.9. The molecular weight excluding hydrogens is 288 g/mol. The Bertz CT molecular complexity index is 523. The molecule has 1 aromatic heterocycles. The van der Waals surface area contributed by atoms with E-state index in [2.05, 4.69) is 10.3 Å². The van der Waals surface area contributed by atoms with E-state index in [1.165, 1.54) is 0 Å². The van der Waals surface area contributed by atoms with Crippen molar-refractivity contribution >= 4 is 23.2 Å². The molecule has 2 aliphatic carbocycles. The van der Waals surface area contributed by atoms with Gasteiger partial charge < -0.3 is 10.4 Å². The fraction of sp³-hybridized carbons (Fsp3) is 0.667. The summed E-state index contributed by atoms with van der Waals surface area (Å²) >= 11 is 1.59. The molecule has 3 rings (SSSR count). The third kappa shape index (κ3) is 2.81. The van der Waals surface area contributed by atoms with Crippen LogP contribution in [0.3, 0.4) is 0 Å². The second-order valence-electron chi connectivity index (χ2n) is 6.16. The number of carbonyl (C=O) groups is 2. The van der Waals surface area contributed by atoms with Gasteiger partial charge in [0.1, 0.15) is 5.01 Å². The molecular formula is C15H20N2O3S. The van der Waals surface area contributed by atoms with Crippen LogP contribution >= 0.6 is 11.3 Å². The lowest BCUT2D eigenvalue weighted by atomic mass is 9.96. The van der Waals surface area contributed by atoms with Gasteiger partial charge in [0.2, 0.25) is 5.91 Å². The number of carboxylic acids is 1. The normalized spacial score (nSPS) is 27.6. The van der Waals surface area contributed by atoms with Crippen LogP contribution in [0.4, 0.5) is 0 Å². The number of rotatable bonds is 4. The molecule has 2 saturated carbocycles. The number of carboxylic acid groups (broad SMARTS) is 1. The van der Waals surface area contributed by atoms with Gasteiger partial charge in [-0.3, -0.25) is 9.59 Å². The molecule has 2 aliphatic rings. The first-order valence-electron chi connectivity index (χ1n) is 7.55. The Morgan fingerprint density at radius 2 is 2.00 bits per heavy atom. The molecule has 0 aliphatic heterocycles. The summed E-state index contributed by atoms with van der Waals surface area (Å²) in [5, 5.41) is 15.2. The average molecular weight is 308 g/mol. The Labute approximate surface area is 127 Å². The van der Waals surface area contributed by atoms with Crippen molar-refractivity contribution in [2.45, 2.75) is 50.5 Å². The van der Waals surface area contributed by atoms with Gasteiger partial charge in [0.15, 0.2) is 0 Å². The van der Waals surface area contributed by atoms with Gasteiger partial charge in [-0.2, -0.15) is 0 Å². The monoisotopic (exact) mass is 308 g/mol. The minimum Gasteiger partial charge on any atom is -0.481 e. The molecule has 0 saturated heterocycles. The maximum absolute atomic E-state index is 12.5. The highest BCUT2D eigenvalue weighted by molar-refractivity contribution is 7.09. The quantitative estimate of drug-likeness (QED) is 0.896. The van der Waals surface area contributed by atoms with Crippen molar-refractivity contribution in [3.63, 3.8) is 0 Å². The van der Waals surface area contributed by atoms with Crippen LogP contribution in [0, 0.1) is 11.8 Å². The number of nitrogens with one attached hydrogen (secondary N) is 1. The smallest absolute Gasteiger partial charge is 0.306 e. The number of thiazole rings is 1. The SMILES string of the molecule is O=C(O)[C@@H]1CC[C@H](C(=O)NC2(c3nccs3)CCCC2)C1.